The van der Waals surface area contributed by atoms with E-state index in [9.17, 15) is 5.26 Å². The Balaban J connectivity index is 2.15. The van der Waals surface area contributed by atoms with Gasteiger partial charge in [-0.15, -0.1) is 0 Å². The van der Waals surface area contributed by atoms with Gasteiger partial charge in [-0.25, -0.2) is 0 Å². The van der Waals surface area contributed by atoms with Crippen LogP contribution in [0.5, 0.6) is 0 Å². The molecule has 0 bridgehead atoms. The maximum atomic E-state index is 9.23. The predicted molar refractivity (Wildman–Crippen MR) is 76.5 cm³/mol. The summed E-state index contributed by atoms with van der Waals surface area (Å²) in [5.41, 5.74) is 1.47. The molecule has 0 atom stereocenters. The lowest BCUT2D eigenvalue weighted by molar-refractivity contribution is 0.204. The fourth-order valence-corrected chi connectivity index (χ4v) is 2.68. The van der Waals surface area contributed by atoms with Crippen LogP contribution in [0.25, 0.3) is 0 Å². The van der Waals surface area contributed by atoms with Gasteiger partial charge in [0.25, 0.3) is 0 Å². The van der Waals surface area contributed by atoms with Crippen LogP contribution < -0.4 is 4.90 Å². The van der Waals surface area contributed by atoms with Crippen molar-refractivity contribution in [2.24, 2.45) is 0 Å². The van der Waals surface area contributed by atoms with Crippen molar-refractivity contribution in [1.29, 1.82) is 5.26 Å². The number of aliphatic hydroxyl groups excluding tert-OH is 1. The first-order valence-corrected chi connectivity index (χ1v) is 6.91. The first kappa shape index (κ1) is 14.1. The average Bonchev–Trinajstić information content (AvgIpc) is 2.64. The fourth-order valence-electron chi connectivity index (χ4n) is 2.46. The molecule has 1 aromatic rings. The summed E-state index contributed by atoms with van der Waals surface area (Å²) in [5.74, 6) is 0. The number of aliphatic hydroxyl groups is 1. The molecule has 1 aliphatic heterocycles. The van der Waals surface area contributed by atoms with E-state index in [-0.39, 0.29) is 6.61 Å². The molecule has 0 amide bonds. The lowest BCUT2D eigenvalue weighted by Gasteiger charge is -2.24. The molecule has 1 fully saturated rings. The van der Waals surface area contributed by atoms with Gasteiger partial charge < -0.3 is 10.0 Å². The molecule has 0 aliphatic carbocycles. The summed E-state index contributed by atoms with van der Waals surface area (Å²) in [4.78, 5) is 4.46. The zero-order chi connectivity index (χ0) is 13.7. The van der Waals surface area contributed by atoms with Crippen molar-refractivity contribution < 1.29 is 5.11 Å². The van der Waals surface area contributed by atoms with Crippen molar-refractivity contribution in [2.75, 3.05) is 44.2 Å². The monoisotopic (exact) mass is 279 g/mol. The Labute approximate surface area is 118 Å². The zero-order valence-electron chi connectivity index (χ0n) is 10.8. The van der Waals surface area contributed by atoms with Crippen molar-refractivity contribution in [3.63, 3.8) is 0 Å². The van der Waals surface area contributed by atoms with Crippen LogP contribution in [0.15, 0.2) is 18.2 Å². The van der Waals surface area contributed by atoms with E-state index >= 15 is 0 Å². The standard InChI is InChI=1S/C14H18ClN3O/c15-13-3-1-4-14(12(13)11-16)18-6-2-5-17(7-8-18)9-10-19/h1,3-4,19H,2,5-10H2. The van der Waals surface area contributed by atoms with E-state index in [0.717, 1.165) is 38.3 Å². The van der Waals surface area contributed by atoms with E-state index < -0.39 is 0 Å². The molecule has 1 aliphatic rings. The molecule has 1 N–H and O–H groups in total. The van der Waals surface area contributed by atoms with Gasteiger partial charge in [0, 0.05) is 26.2 Å². The number of nitrogens with zero attached hydrogens (tertiary/aromatic N) is 3. The van der Waals surface area contributed by atoms with Crippen LogP contribution in [0, 0.1) is 11.3 Å². The first-order chi connectivity index (χ1) is 9.26. The lowest BCUT2D eigenvalue weighted by Crippen LogP contribution is -2.32. The molecule has 0 radical (unpaired) electrons. The minimum Gasteiger partial charge on any atom is -0.395 e. The Bertz CT molecular complexity index is 472. The summed E-state index contributed by atoms with van der Waals surface area (Å²) in [6, 6.07) is 7.77. The minimum absolute atomic E-state index is 0.195. The number of rotatable bonds is 3. The van der Waals surface area contributed by atoms with Crippen LogP contribution in [-0.2, 0) is 0 Å². The van der Waals surface area contributed by atoms with E-state index in [0.29, 0.717) is 17.1 Å². The van der Waals surface area contributed by atoms with Gasteiger partial charge in [-0.1, -0.05) is 17.7 Å². The molecule has 5 heteroatoms. The number of benzene rings is 1. The number of β-amino-alcohol motifs (C(OH)–C–C–N with tert-alkyl or cyclic N) is 1. The molecular formula is C14H18ClN3O. The lowest BCUT2D eigenvalue weighted by atomic mass is 10.1. The molecule has 1 saturated heterocycles. The number of hydrogen-bond donors (Lipinski definition) is 1. The third-order valence-corrected chi connectivity index (χ3v) is 3.76. The highest BCUT2D eigenvalue weighted by Gasteiger charge is 2.18. The summed E-state index contributed by atoms with van der Waals surface area (Å²) in [6.45, 7) is 4.57. The molecule has 2 rings (SSSR count). The minimum atomic E-state index is 0.195. The van der Waals surface area contributed by atoms with Gasteiger partial charge in [-0.2, -0.15) is 5.26 Å². The normalized spacial score (nSPS) is 17.0. The van der Waals surface area contributed by atoms with E-state index in [1.165, 1.54) is 0 Å². The van der Waals surface area contributed by atoms with Crippen LogP contribution in [0.2, 0.25) is 5.02 Å². The topological polar surface area (TPSA) is 50.5 Å². The smallest absolute Gasteiger partial charge is 0.103 e. The maximum Gasteiger partial charge on any atom is 0.103 e. The second-order valence-electron chi connectivity index (χ2n) is 4.65. The van der Waals surface area contributed by atoms with Gasteiger partial charge in [0.15, 0.2) is 0 Å². The Hall–Kier alpha value is -1.28. The molecule has 0 aromatic heterocycles. The zero-order valence-corrected chi connectivity index (χ0v) is 11.6. The Morgan fingerprint density at radius 3 is 2.84 bits per heavy atom. The molecular weight excluding hydrogens is 262 g/mol. The molecule has 0 unspecified atom stereocenters. The third kappa shape index (κ3) is 3.38. The molecule has 19 heavy (non-hydrogen) atoms. The highest BCUT2D eigenvalue weighted by atomic mass is 35.5. The fraction of sp³-hybridized carbons (Fsp3) is 0.500. The maximum absolute atomic E-state index is 9.23. The first-order valence-electron chi connectivity index (χ1n) is 6.53. The van der Waals surface area contributed by atoms with Crippen molar-refractivity contribution in [2.45, 2.75) is 6.42 Å². The Morgan fingerprint density at radius 2 is 2.11 bits per heavy atom. The molecule has 4 nitrogen and oxygen atoms in total. The number of halogens is 1. The summed E-state index contributed by atoms with van der Waals surface area (Å²) < 4.78 is 0. The Kier molecular flexibility index (Phi) is 5.03. The second-order valence-corrected chi connectivity index (χ2v) is 5.06. The van der Waals surface area contributed by atoms with Gasteiger partial charge in [0.05, 0.1) is 22.9 Å². The van der Waals surface area contributed by atoms with E-state index in [1.54, 1.807) is 6.07 Å². The third-order valence-electron chi connectivity index (χ3n) is 3.45. The van der Waals surface area contributed by atoms with Crippen molar-refractivity contribution in [3.8, 4) is 6.07 Å². The summed E-state index contributed by atoms with van der Waals surface area (Å²) in [5, 5.41) is 18.7. The quantitative estimate of drug-likeness (QED) is 0.915. The van der Waals surface area contributed by atoms with Gasteiger partial charge in [-0.05, 0) is 25.1 Å². The summed E-state index contributed by atoms with van der Waals surface area (Å²) in [6.07, 6.45) is 1.03. The number of nitriles is 1. The average molecular weight is 280 g/mol. The van der Waals surface area contributed by atoms with Crippen LogP contribution in [0.3, 0.4) is 0 Å². The largest absolute Gasteiger partial charge is 0.395 e. The number of anilines is 1. The second kappa shape index (κ2) is 6.76. The Morgan fingerprint density at radius 1 is 1.26 bits per heavy atom. The van der Waals surface area contributed by atoms with E-state index in [2.05, 4.69) is 15.9 Å². The van der Waals surface area contributed by atoms with Crippen LogP contribution >= 0.6 is 11.6 Å². The van der Waals surface area contributed by atoms with Crippen molar-refractivity contribution >= 4 is 17.3 Å². The highest BCUT2D eigenvalue weighted by molar-refractivity contribution is 6.32. The molecule has 0 spiro atoms. The van der Waals surface area contributed by atoms with Crippen LogP contribution in [0.4, 0.5) is 5.69 Å². The van der Waals surface area contributed by atoms with Crippen molar-refractivity contribution in [3.05, 3.63) is 28.8 Å². The number of hydrogen-bond acceptors (Lipinski definition) is 4. The van der Waals surface area contributed by atoms with Crippen molar-refractivity contribution in [1.82, 2.24) is 4.90 Å². The molecule has 1 heterocycles. The van der Waals surface area contributed by atoms with Crippen LogP contribution in [0.1, 0.15) is 12.0 Å². The van der Waals surface area contributed by atoms with E-state index in [4.69, 9.17) is 16.7 Å². The predicted octanol–water partition coefficient (Wildman–Crippen LogP) is 1.72. The SMILES string of the molecule is N#Cc1c(Cl)cccc1N1CCCN(CCO)CC1. The van der Waals surface area contributed by atoms with Gasteiger partial charge >= 0.3 is 0 Å². The molecule has 0 saturated carbocycles. The highest BCUT2D eigenvalue weighted by Crippen LogP contribution is 2.27. The molecule has 102 valence electrons. The summed E-state index contributed by atoms with van der Waals surface area (Å²) in [7, 11) is 0. The summed E-state index contributed by atoms with van der Waals surface area (Å²) >= 11 is 6.08. The van der Waals surface area contributed by atoms with Gasteiger partial charge in [0.2, 0.25) is 0 Å². The van der Waals surface area contributed by atoms with Gasteiger partial charge in [-0.3, -0.25) is 4.90 Å². The molecule has 1 aromatic carbocycles. The van der Waals surface area contributed by atoms with Gasteiger partial charge in [0.1, 0.15) is 6.07 Å². The van der Waals surface area contributed by atoms with E-state index in [1.807, 2.05) is 12.1 Å². The van der Waals surface area contributed by atoms with Crippen LogP contribution in [-0.4, -0.2) is 49.3 Å².